The van der Waals surface area contributed by atoms with E-state index >= 15 is 0 Å². The lowest BCUT2D eigenvalue weighted by atomic mass is 10.2. The van der Waals surface area contributed by atoms with Gasteiger partial charge >= 0.3 is 12.1 Å². The number of hydrogen-bond donors (Lipinski definition) is 1. The first-order chi connectivity index (χ1) is 6.81. The summed E-state index contributed by atoms with van der Waals surface area (Å²) in [5.74, 6) is -3.54. The van der Waals surface area contributed by atoms with E-state index in [4.69, 9.17) is 5.73 Å². The van der Waals surface area contributed by atoms with E-state index in [2.05, 4.69) is 0 Å². The maximum atomic E-state index is 12.4. The van der Waals surface area contributed by atoms with Crippen molar-refractivity contribution in [3.63, 3.8) is 0 Å². The van der Waals surface area contributed by atoms with E-state index in [1.807, 2.05) is 0 Å². The van der Waals surface area contributed by atoms with Crippen LogP contribution in [0.3, 0.4) is 0 Å². The number of alkyl halides is 5. The molecule has 0 saturated heterocycles. The van der Waals surface area contributed by atoms with Gasteiger partial charge in [-0.1, -0.05) is 0 Å². The van der Waals surface area contributed by atoms with E-state index in [1.165, 1.54) is 11.8 Å². The molecule has 0 aromatic carbocycles. The van der Waals surface area contributed by atoms with Gasteiger partial charge in [0.15, 0.2) is 0 Å². The molecule has 0 aromatic heterocycles. The summed E-state index contributed by atoms with van der Waals surface area (Å²) in [5.41, 5.74) is 5.19. The monoisotopic (exact) mass is 251 g/mol. The van der Waals surface area contributed by atoms with Gasteiger partial charge in [0.1, 0.15) is 0 Å². The molecule has 0 saturated carbocycles. The van der Waals surface area contributed by atoms with Gasteiger partial charge in [0.2, 0.25) is 0 Å². The fraction of sp³-hybridized carbons (Fsp3) is 1.00. The second-order valence-corrected chi connectivity index (χ2v) is 4.29. The molecule has 92 valence electrons. The van der Waals surface area contributed by atoms with Crippen LogP contribution in [0.15, 0.2) is 0 Å². The highest BCUT2D eigenvalue weighted by Crippen LogP contribution is 2.38. The second-order valence-electron chi connectivity index (χ2n) is 3.06. The molecule has 0 bridgehead atoms. The molecule has 0 aliphatic rings. The molecule has 0 spiro atoms. The summed E-state index contributed by atoms with van der Waals surface area (Å²) >= 11 is 1.35. The van der Waals surface area contributed by atoms with Crippen molar-refractivity contribution in [2.45, 2.75) is 31.4 Å². The van der Waals surface area contributed by atoms with Gasteiger partial charge < -0.3 is 5.73 Å². The number of nitrogens with two attached hydrogens (primary N) is 1. The molecule has 0 aliphatic carbocycles. The molecule has 0 fully saturated rings. The largest absolute Gasteiger partial charge is 0.453 e. The molecular weight excluding hydrogens is 237 g/mol. The molecule has 0 aromatic rings. The van der Waals surface area contributed by atoms with Crippen LogP contribution in [0.2, 0.25) is 0 Å². The first-order valence-corrected chi connectivity index (χ1v) is 5.69. The van der Waals surface area contributed by atoms with Crippen molar-refractivity contribution in [3.8, 4) is 0 Å². The smallest absolute Gasteiger partial charge is 0.330 e. The quantitative estimate of drug-likeness (QED) is 0.556. The Labute approximate surface area is 89.6 Å². The predicted molar refractivity (Wildman–Crippen MR) is 51.2 cm³/mol. The third-order valence-corrected chi connectivity index (χ3v) is 2.84. The van der Waals surface area contributed by atoms with Crippen LogP contribution in [0.5, 0.6) is 0 Å². The van der Waals surface area contributed by atoms with Gasteiger partial charge in [-0.05, 0) is 30.9 Å². The Morgan fingerprint density at radius 1 is 0.933 bits per heavy atom. The Balaban J connectivity index is 3.58. The minimum absolute atomic E-state index is 0.137. The zero-order chi connectivity index (χ0) is 11.9. The first-order valence-electron chi connectivity index (χ1n) is 4.53. The van der Waals surface area contributed by atoms with Crippen LogP contribution in [0.4, 0.5) is 22.0 Å². The molecule has 0 amide bonds. The van der Waals surface area contributed by atoms with Crippen LogP contribution in [0, 0.1) is 0 Å². The molecule has 1 nitrogen and oxygen atoms in total. The van der Waals surface area contributed by atoms with Crippen LogP contribution in [0.25, 0.3) is 0 Å². The minimum atomic E-state index is -5.42. The van der Waals surface area contributed by atoms with Crippen molar-refractivity contribution in [2.75, 3.05) is 18.1 Å². The lowest BCUT2D eigenvalue weighted by Crippen LogP contribution is -2.36. The lowest BCUT2D eigenvalue weighted by molar-refractivity contribution is -0.284. The first kappa shape index (κ1) is 15.0. The Morgan fingerprint density at radius 3 is 1.93 bits per heavy atom. The predicted octanol–water partition coefficient (Wildman–Crippen LogP) is 3.05. The highest BCUT2D eigenvalue weighted by atomic mass is 32.2. The molecule has 15 heavy (non-hydrogen) atoms. The summed E-state index contributed by atoms with van der Waals surface area (Å²) in [4.78, 5) is 0. The summed E-state index contributed by atoms with van der Waals surface area (Å²) in [6.45, 7) is 0.506. The van der Waals surface area contributed by atoms with E-state index in [1.54, 1.807) is 0 Å². The van der Waals surface area contributed by atoms with Crippen molar-refractivity contribution in [2.24, 2.45) is 5.73 Å². The Morgan fingerprint density at radius 2 is 1.47 bits per heavy atom. The van der Waals surface area contributed by atoms with Crippen LogP contribution < -0.4 is 5.73 Å². The van der Waals surface area contributed by atoms with E-state index in [0.29, 0.717) is 18.1 Å². The van der Waals surface area contributed by atoms with Crippen LogP contribution in [0.1, 0.15) is 19.3 Å². The van der Waals surface area contributed by atoms with Crippen molar-refractivity contribution in [1.29, 1.82) is 0 Å². The normalized spacial score (nSPS) is 13.2. The van der Waals surface area contributed by atoms with Crippen LogP contribution >= 0.6 is 11.8 Å². The van der Waals surface area contributed by atoms with Crippen molar-refractivity contribution < 1.29 is 22.0 Å². The third kappa shape index (κ3) is 6.19. The minimum Gasteiger partial charge on any atom is -0.330 e. The number of hydrogen-bond acceptors (Lipinski definition) is 2. The van der Waals surface area contributed by atoms with Crippen molar-refractivity contribution in [3.05, 3.63) is 0 Å². The molecule has 0 heterocycles. The zero-order valence-corrected chi connectivity index (χ0v) is 8.93. The average Bonchev–Trinajstić information content (AvgIpc) is 2.09. The summed E-state index contributed by atoms with van der Waals surface area (Å²) in [5, 5.41) is 0. The van der Waals surface area contributed by atoms with E-state index in [9.17, 15) is 22.0 Å². The maximum Gasteiger partial charge on any atom is 0.453 e. The highest BCUT2D eigenvalue weighted by molar-refractivity contribution is 7.99. The summed E-state index contributed by atoms with van der Waals surface area (Å²) in [6.07, 6.45) is -5.94. The van der Waals surface area contributed by atoms with Crippen molar-refractivity contribution in [1.82, 2.24) is 0 Å². The fourth-order valence-corrected chi connectivity index (χ4v) is 1.75. The fourth-order valence-electron chi connectivity index (χ4n) is 0.825. The molecule has 0 rings (SSSR count). The Bertz CT molecular complexity index is 171. The molecule has 7 heteroatoms. The standard InChI is InChI=1S/C8H14F5NS/c9-7(10,8(11,12)13)3-1-5-15-6-2-4-14/h1-6,14H2. The molecular formula is C8H14F5NS. The summed E-state index contributed by atoms with van der Waals surface area (Å²) in [7, 11) is 0. The topological polar surface area (TPSA) is 26.0 Å². The molecule has 0 atom stereocenters. The van der Waals surface area contributed by atoms with Crippen molar-refractivity contribution >= 4 is 11.8 Å². The van der Waals surface area contributed by atoms with Gasteiger partial charge in [0, 0.05) is 6.42 Å². The second kappa shape index (κ2) is 6.52. The molecule has 2 N–H and O–H groups in total. The van der Waals surface area contributed by atoms with Gasteiger partial charge in [-0.25, -0.2) is 0 Å². The van der Waals surface area contributed by atoms with Crippen LogP contribution in [-0.4, -0.2) is 30.1 Å². The lowest BCUT2D eigenvalue weighted by Gasteiger charge is -2.19. The molecule has 0 unspecified atom stereocenters. The van der Waals surface area contributed by atoms with Gasteiger partial charge in [-0.3, -0.25) is 0 Å². The SMILES string of the molecule is NCCCSCCCC(F)(F)C(F)(F)F. The third-order valence-electron chi connectivity index (χ3n) is 1.69. The molecule has 0 aliphatic heterocycles. The molecule has 0 radical (unpaired) electrons. The Kier molecular flexibility index (Phi) is 6.51. The zero-order valence-electron chi connectivity index (χ0n) is 8.12. The van der Waals surface area contributed by atoms with Gasteiger partial charge in [-0.15, -0.1) is 0 Å². The van der Waals surface area contributed by atoms with E-state index < -0.39 is 18.5 Å². The van der Waals surface area contributed by atoms with Gasteiger partial charge in [-0.2, -0.15) is 33.7 Å². The van der Waals surface area contributed by atoms with Gasteiger partial charge in [0.05, 0.1) is 0 Å². The highest BCUT2D eigenvalue weighted by Gasteiger charge is 2.56. The van der Waals surface area contributed by atoms with E-state index in [0.717, 1.165) is 6.42 Å². The van der Waals surface area contributed by atoms with E-state index in [-0.39, 0.29) is 6.42 Å². The average molecular weight is 251 g/mol. The van der Waals surface area contributed by atoms with Gasteiger partial charge in [0.25, 0.3) is 0 Å². The summed E-state index contributed by atoms with van der Waals surface area (Å²) in [6, 6.07) is 0. The maximum absolute atomic E-state index is 12.4. The number of thioether (sulfide) groups is 1. The Hall–Kier alpha value is -0.0400. The van der Waals surface area contributed by atoms with Crippen LogP contribution in [-0.2, 0) is 0 Å². The number of rotatable bonds is 7. The number of halogens is 5. The summed E-state index contributed by atoms with van der Waals surface area (Å²) < 4.78 is 59.8.